The number of benzene rings is 2. The minimum Gasteiger partial charge on any atom is -0.278 e. The van der Waals surface area contributed by atoms with Crippen LogP contribution in [0.15, 0.2) is 84.1 Å². The van der Waals surface area contributed by atoms with Crippen LogP contribution in [0.3, 0.4) is 0 Å². The van der Waals surface area contributed by atoms with Crippen LogP contribution in [0, 0.1) is 0 Å². The molecule has 2 aromatic carbocycles. The number of aromatic nitrogens is 1. The minimum atomic E-state index is 0.697. The molecule has 1 aromatic heterocycles. The van der Waals surface area contributed by atoms with Crippen LogP contribution in [0.2, 0.25) is 5.02 Å². The summed E-state index contributed by atoms with van der Waals surface area (Å²) in [4.78, 5) is 4.39. The van der Waals surface area contributed by atoms with Crippen molar-refractivity contribution in [2.75, 3.05) is 5.43 Å². The summed E-state index contributed by atoms with van der Waals surface area (Å²) >= 11 is 5.89. The van der Waals surface area contributed by atoms with Gasteiger partial charge in [-0.05, 0) is 36.4 Å². The second-order valence-electron chi connectivity index (χ2n) is 4.66. The molecule has 108 valence electrons. The molecule has 0 aliphatic rings. The molecule has 0 fully saturated rings. The lowest BCUT2D eigenvalue weighted by molar-refractivity contribution is 1.25. The molecule has 0 spiro atoms. The van der Waals surface area contributed by atoms with Crippen molar-refractivity contribution in [3.8, 4) is 0 Å². The monoisotopic (exact) mass is 307 g/mol. The lowest BCUT2D eigenvalue weighted by atomic mass is 10.1. The molecule has 0 bridgehead atoms. The summed E-state index contributed by atoms with van der Waals surface area (Å²) in [7, 11) is 0. The number of halogens is 1. The molecule has 0 saturated heterocycles. The molecule has 0 atom stereocenters. The maximum Gasteiger partial charge on any atom is 0.116 e. The van der Waals surface area contributed by atoms with Crippen LogP contribution in [0.5, 0.6) is 0 Å². The molecular formula is C18H14ClN3. The average molecular weight is 308 g/mol. The highest BCUT2D eigenvalue weighted by molar-refractivity contribution is 6.30. The van der Waals surface area contributed by atoms with E-state index < -0.39 is 0 Å². The number of pyridine rings is 1. The molecule has 0 aliphatic carbocycles. The zero-order valence-corrected chi connectivity index (χ0v) is 12.5. The summed E-state index contributed by atoms with van der Waals surface area (Å²) in [6.07, 6.45) is 1.76. The number of rotatable bonds is 4. The molecule has 3 nitrogen and oxygen atoms in total. The minimum absolute atomic E-state index is 0.697. The molecule has 4 heteroatoms. The Balaban J connectivity index is 1.95. The van der Waals surface area contributed by atoms with Crippen LogP contribution < -0.4 is 5.43 Å². The van der Waals surface area contributed by atoms with Crippen LogP contribution in [0.4, 0.5) is 5.69 Å². The van der Waals surface area contributed by atoms with Crippen LogP contribution >= 0.6 is 11.6 Å². The van der Waals surface area contributed by atoms with E-state index in [2.05, 4.69) is 15.5 Å². The van der Waals surface area contributed by atoms with E-state index in [9.17, 15) is 0 Å². The number of hydrogen-bond donors (Lipinski definition) is 1. The van der Waals surface area contributed by atoms with Crippen molar-refractivity contribution < 1.29 is 0 Å². The van der Waals surface area contributed by atoms with Crippen LogP contribution in [0.25, 0.3) is 0 Å². The van der Waals surface area contributed by atoms with Crippen LogP contribution in [-0.2, 0) is 0 Å². The third kappa shape index (κ3) is 3.51. The highest BCUT2D eigenvalue weighted by atomic mass is 35.5. The van der Waals surface area contributed by atoms with Crippen molar-refractivity contribution in [3.05, 3.63) is 95.3 Å². The third-order valence-electron chi connectivity index (χ3n) is 3.10. The van der Waals surface area contributed by atoms with E-state index in [0.29, 0.717) is 5.02 Å². The number of hydrogen-bond acceptors (Lipinski definition) is 3. The van der Waals surface area contributed by atoms with E-state index in [1.165, 1.54) is 0 Å². The summed E-state index contributed by atoms with van der Waals surface area (Å²) in [6.45, 7) is 0. The highest BCUT2D eigenvalue weighted by Crippen LogP contribution is 2.15. The maximum atomic E-state index is 5.89. The van der Waals surface area contributed by atoms with Crippen molar-refractivity contribution in [2.45, 2.75) is 0 Å². The fourth-order valence-corrected chi connectivity index (χ4v) is 2.14. The molecule has 3 aromatic rings. The molecule has 0 amide bonds. The van der Waals surface area contributed by atoms with Gasteiger partial charge in [0.2, 0.25) is 0 Å². The van der Waals surface area contributed by atoms with Crippen molar-refractivity contribution in [1.29, 1.82) is 0 Å². The number of nitrogens with zero attached hydrogens (tertiary/aromatic N) is 2. The zero-order chi connectivity index (χ0) is 15.2. The normalized spacial score (nSPS) is 11.2. The smallest absolute Gasteiger partial charge is 0.116 e. The van der Waals surface area contributed by atoms with Gasteiger partial charge in [-0.3, -0.25) is 10.4 Å². The van der Waals surface area contributed by atoms with E-state index in [1.807, 2.05) is 72.8 Å². The lowest BCUT2D eigenvalue weighted by Gasteiger charge is -2.07. The van der Waals surface area contributed by atoms with Gasteiger partial charge in [0.25, 0.3) is 0 Å². The van der Waals surface area contributed by atoms with Crippen molar-refractivity contribution in [3.63, 3.8) is 0 Å². The molecule has 0 unspecified atom stereocenters. The van der Waals surface area contributed by atoms with Crippen molar-refractivity contribution >= 4 is 23.0 Å². The Kier molecular flexibility index (Phi) is 4.47. The van der Waals surface area contributed by atoms with Gasteiger partial charge in [-0.15, -0.1) is 0 Å². The maximum absolute atomic E-state index is 5.89. The van der Waals surface area contributed by atoms with Gasteiger partial charge >= 0.3 is 0 Å². The standard InChI is InChI=1S/C18H14ClN3/c19-15-9-11-16(12-10-15)21-22-18(14-6-2-1-3-7-14)17-8-4-5-13-20-17/h1-13,21H/b22-18-. The van der Waals surface area contributed by atoms with E-state index in [1.54, 1.807) is 6.20 Å². The van der Waals surface area contributed by atoms with Gasteiger partial charge in [0, 0.05) is 16.8 Å². The molecule has 0 aliphatic heterocycles. The summed E-state index contributed by atoms with van der Waals surface area (Å²) < 4.78 is 0. The van der Waals surface area contributed by atoms with Crippen LogP contribution in [0.1, 0.15) is 11.3 Å². The Morgan fingerprint density at radius 3 is 2.27 bits per heavy atom. The average Bonchev–Trinajstić information content (AvgIpc) is 2.59. The summed E-state index contributed by atoms with van der Waals surface area (Å²) in [5, 5.41) is 5.22. The highest BCUT2D eigenvalue weighted by Gasteiger charge is 2.07. The van der Waals surface area contributed by atoms with Gasteiger partial charge in [-0.2, -0.15) is 5.10 Å². The van der Waals surface area contributed by atoms with E-state index >= 15 is 0 Å². The summed E-state index contributed by atoms with van der Waals surface area (Å²) in [6, 6.07) is 23.1. The SMILES string of the molecule is Clc1ccc(N/N=C(/c2ccccc2)c2ccccn2)cc1. The third-order valence-corrected chi connectivity index (χ3v) is 3.35. The number of anilines is 1. The van der Waals surface area contributed by atoms with Crippen molar-refractivity contribution in [1.82, 2.24) is 4.98 Å². The first-order valence-electron chi connectivity index (χ1n) is 6.89. The number of nitrogens with one attached hydrogen (secondary N) is 1. The first-order chi connectivity index (χ1) is 10.8. The Morgan fingerprint density at radius 2 is 1.59 bits per heavy atom. The van der Waals surface area contributed by atoms with E-state index in [4.69, 9.17) is 11.6 Å². The van der Waals surface area contributed by atoms with Crippen molar-refractivity contribution in [2.24, 2.45) is 5.10 Å². The molecule has 0 saturated carbocycles. The Bertz CT molecular complexity index is 712. The zero-order valence-electron chi connectivity index (χ0n) is 11.8. The Hall–Kier alpha value is -2.65. The second kappa shape index (κ2) is 6.87. The van der Waals surface area contributed by atoms with E-state index in [0.717, 1.165) is 22.7 Å². The predicted molar refractivity (Wildman–Crippen MR) is 91.4 cm³/mol. The molecule has 1 heterocycles. The molecule has 1 N–H and O–H groups in total. The van der Waals surface area contributed by atoms with Gasteiger partial charge in [0.15, 0.2) is 0 Å². The van der Waals surface area contributed by atoms with Crippen LogP contribution in [-0.4, -0.2) is 10.7 Å². The lowest BCUT2D eigenvalue weighted by Crippen LogP contribution is -2.08. The Labute approximate surface area is 134 Å². The number of hydrazone groups is 1. The summed E-state index contributed by atoms with van der Waals surface area (Å²) in [5.41, 5.74) is 6.53. The second-order valence-corrected chi connectivity index (χ2v) is 5.10. The molecule has 0 radical (unpaired) electrons. The van der Waals surface area contributed by atoms with E-state index in [-0.39, 0.29) is 0 Å². The van der Waals surface area contributed by atoms with Gasteiger partial charge in [-0.25, -0.2) is 0 Å². The molecule has 3 rings (SSSR count). The topological polar surface area (TPSA) is 37.3 Å². The largest absolute Gasteiger partial charge is 0.278 e. The Morgan fingerprint density at radius 1 is 0.864 bits per heavy atom. The fraction of sp³-hybridized carbons (Fsp3) is 0. The van der Waals surface area contributed by atoms with Gasteiger partial charge in [-0.1, -0.05) is 48.0 Å². The fourth-order valence-electron chi connectivity index (χ4n) is 2.01. The molecule has 22 heavy (non-hydrogen) atoms. The summed E-state index contributed by atoms with van der Waals surface area (Å²) in [5.74, 6) is 0. The predicted octanol–water partition coefficient (Wildman–Crippen LogP) is 4.60. The molecular weight excluding hydrogens is 294 g/mol. The first-order valence-corrected chi connectivity index (χ1v) is 7.27. The quantitative estimate of drug-likeness (QED) is 0.565. The van der Waals surface area contributed by atoms with Gasteiger partial charge < -0.3 is 0 Å². The first kappa shape index (κ1) is 14.3. The van der Waals surface area contributed by atoms with Gasteiger partial charge in [0.05, 0.1) is 11.4 Å². The van der Waals surface area contributed by atoms with Gasteiger partial charge in [0.1, 0.15) is 5.71 Å².